The van der Waals surface area contributed by atoms with E-state index in [2.05, 4.69) is 193 Å². The van der Waals surface area contributed by atoms with E-state index in [1.807, 2.05) is 24.3 Å². The highest BCUT2D eigenvalue weighted by Crippen LogP contribution is 2.43. The van der Waals surface area contributed by atoms with Crippen LogP contribution in [0, 0.1) is 0 Å². The zero-order chi connectivity index (χ0) is 37.7. The van der Waals surface area contributed by atoms with Gasteiger partial charge in [0.25, 0.3) is 0 Å². The molecule has 0 amide bonds. The number of hydrogen-bond donors (Lipinski definition) is 0. The molecule has 11 rings (SSSR count). The van der Waals surface area contributed by atoms with E-state index in [-0.39, 0.29) is 0 Å². The van der Waals surface area contributed by atoms with Crippen LogP contribution in [0.5, 0.6) is 0 Å². The number of rotatable bonds is 7. The molecule has 0 fully saturated rings. The van der Waals surface area contributed by atoms with Crippen LogP contribution in [-0.2, 0) is 0 Å². The van der Waals surface area contributed by atoms with Gasteiger partial charge in [0.15, 0.2) is 0 Å². The second kappa shape index (κ2) is 13.6. The maximum Gasteiger partial charge on any atom is 0.143 e. The molecule has 0 radical (unpaired) electrons. The summed E-state index contributed by atoms with van der Waals surface area (Å²) in [5, 5.41) is 4.51. The topological polar surface area (TPSA) is 29.5 Å². The van der Waals surface area contributed by atoms with Gasteiger partial charge in [-0.1, -0.05) is 158 Å². The molecule has 0 atom stereocenters. The molecule has 3 heteroatoms. The van der Waals surface area contributed by atoms with Crippen LogP contribution in [0.2, 0.25) is 0 Å². The third-order valence-electron chi connectivity index (χ3n) is 11.1. The smallest absolute Gasteiger partial charge is 0.143 e. The van der Waals surface area contributed by atoms with Crippen LogP contribution in [0.15, 0.2) is 221 Å². The molecular formula is C54H35NO2. The van der Waals surface area contributed by atoms with Crippen LogP contribution < -0.4 is 4.90 Å². The summed E-state index contributed by atoms with van der Waals surface area (Å²) in [4.78, 5) is 2.36. The minimum atomic E-state index is 0.898. The predicted molar refractivity (Wildman–Crippen MR) is 237 cm³/mol. The first-order valence-corrected chi connectivity index (χ1v) is 19.3. The van der Waals surface area contributed by atoms with E-state index in [4.69, 9.17) is 8.83 Å². The first kappa shape index (κ1) is 32.8. The van der Waals surface area contributed by atoms with Crippen LogP contribution >= 0.6 is 0 Å². The molecule has 0 aliphatic heterocycles. The first-order valence-electron chi connectivity index (χ1n) is 19.3. The van der Waals surface area contributed by atoms with Gasteiger partial charge in [-0.3, -0.25) is 0 Å². The molecule has 268 valence electrons. The lowest BCUT2D eigenvalue weighted by Gasteiger charge is -2.27. The van der Waals surface area contributed by atoms with Crippen molar-refractivity contribution in [2.24, 2.45) is 0 Å². The quantitative estimate of drug-likeness (QED) is 0.164. The normalized spacial score (nSPS) is 11.5. The summed E-state index contributed by atoms with van der Waals surface area (Å²) in [6.07, 6.45) is 0. The van der Waals surface area contributed by atoms with Gasteiger partial charge < -0.3 is 13.7 Å². The monoisotopic (exact) mass is 729 g/mol. The SMILES string of the molecule is c1ccc(-c2cc(-c3ccccc3)cc(N(c3ccc(-c4cccc5c4oc4ccccc45)cc3)c3ccc(-c4cccc5c4oc4ccccc45)cc3)c2)cc1. The molecule has 0 aliphatic rings. The molecule has 9 aromatic carbocycles. The van der Waals surface area contributed by atoms with Crippen LogP contribution in [-0.4, -0.2) is 0 Å². The maximum absolute atomic E-state index is 6.44. The molecule has 2 heterocycles. The van der Waals surface area contributed by atoms with Gasteiger partial charge in [0.2, 0.25) is 0 Å². The zero-order valence-electron chi connectivity index (χ0n) is 31.0. The summed E-state index contributed by atoms with van der Waals surface area (Å²) in [5.74, 6) is 0. The average molecular weight is 730 g/mol. The lowest BCUT2D eigenvalue weighted by Crippen LogP contribution is -2.10. The number of anilines is 3. The largest absolute Gasteiger partial charge is 0.455 e. The summed E-state index contributed by atoms with van der Waals surface area (Å²) >= 11 is 0. The molecule has 0 saturated carbocycles. The summed E-state index contributed by atoms with van der Waals surface area (Å²) in [6.45, 7) is 0. The lowest BCUT2D eigenvalue weighted by atomic mass is 9.97. The second-order valence-corrected chi connectivity index (χ2v) is 14.5. The van der Waals surface area contributed by atoms with E-state index < -0.39 is 0 Å². The van der Waals surface area contributed by atoms with E-state index in [0.29, 0.717) is 0 Å². The van der Waals surface area contributed by atoms with E-state index in [1.165, 1.54) is 11.1 Å². The molecule has 2 aromatic heterocycles. The van der Waals surface area contributed by atoms with E-state index >= 15 is 0 Å². The molecule has 0 aliphatic carbocycles. The molecule has 57 heavy (non-hydrogen) atoms. The summed E-state index contributed by atoms with van der Waals surface area (Å²) in [6, 6.07) is 75.2. The Labute approximate surface area is 330 Å². The summed E-state index contributed by atoms with van der Waals surface area (Å²) in [7, 11) is 0. The summed E-state index contributed by atoms with van der Waals surface area (Å²) < 4.78 is 12.9. The van der Waals surface area contributed by atoms with Gasteiger partial charge in [0, 0.05) is 49.7 Å². The Bertz CT molecular complexity index is 3000. The number of nitrogens with zero attached hydrogens (tertiary/aromatic N) is 1. The highest BCUT2D eigenvalue weighted by atomic mass is 16.3. The number of hydrogen-bond acceptors (Lipinski definition) is 3. The number of benzene rings is 9. The van der Waals surface area contributed by atoms with Gasteiger partial charge in [-0.25, -0.2) is 0 Å². The number of para-hydroxylation sites is 4. The highest BCUT2D eigenvalue weighted by Gasteiger charge is 2.19. The third kappa shape index (κ3) is 5.76. The molecule has 0 unspecified atom stereocenters. The number of fused-ring (bicyclic) bond motifs is 6. The van der Waals surface area contributed by atoms with Crippen molar-refractivity contribution in [1.82, 2.24) is 0 Å². The Hall–Kier alpha value is -7.62. The Morgan fingerprint density at radius 3 is 1.12 bits per heavy atom. The Morgan fingerprint density at radius 1 is 0.263 bits per heavy atom. The Balaban J connectivity index is 1.07. The maximum atomic E-state index is 6.44. The van der Waals surface area contributed by atoms with Gasteiger partial charge >= 0.3 is 0 Å². The van der Waals surface area contributed by atoms with Gasteiger partial charge in [0.1, 0.15) is 22.3 Å². The molecule has 3 nitrogen and oxygen atoms in total. The van der Waals surface area contributed by atoms with Crippen molar-refractivity contribution in [2.45, 2.75) is 0 Å². The van der Waals surface area contributed by atoms with Gasteiger partial charge in [-0.2, -0.15) is 0 Å². The van der Waals surface area contributed by atoms with Crippen molar-refractivity contribution < 1.29 is 8.83 Å². The predicted octanol–water partition coefficient (Wildman–Crippen LogP) is 15.6. The fourth-order valence-corrected chi connectivity index (χ4v) is 8.31. The van der Waals surface area contributed by atoms with Crippen LogP contribution in [0.3, 0.4) is 0 Å². The van der Waals surface area contributed by atoms with Gasteiger partial charge in [-0.05, 0) is 88.0 Å². The average Bonchev–Trinajstić information content (AvgIpc) is 3.87. The van der Waals surface area contributed by atoms with Crippen LogP contribution in [0.1, 0.15) is 0 Å². The van der Waals surface area contributed by atoms with Crippen LogP contribution in [0.4, 0.5) is 17.1 Å². The third-order valence-corrected chi connectivity index (χ3v) is 11.1. The van der Waals surface area contributed by atoms with Crippen LogP contribution in [0.25, 0.3) is 88.4 Å². The fraction of sp³-hybridized carbons (Fsp3) is 0. The lowest BCUT2D eigenvalue weighted by molar-refractivity contribution is 0.669. The first-order chi connectivity index (χ1) is 28.2. The molecule has 11 aromatic rings. The van der Waals surface area contributed by atoms with Crippen molar-refractivity contribution in [1.29, 1.82) is 0 Å². The van der Waals surface area contributed by atoms with Gasteiger partial charge in [0.05, 0.1) is 0 Å². The highest BCUT2D eigenvalue weighted by molar-refractivity contribution is 6.10. The minimum absolute atomic E-state index is 0.898. The second-order valence-electron chi connectivity index (χ2n) is 14.5. The molecule has 0 N–H and O–H groups in total. The van der Waals surface area contributed by atoms with E-state index in [1.54, 1.807) is 0 Å². The Morgan fingerprint density at radius 2 is 0.667 bits per heavy atom. The standard InChI is InChI=1S/C54H35NO2/c1-3-13-36(14-4-1)40-33-41(37-15-5-2-6-16-37)35-44(34-40)55(42-29-25-38(26-30-42)45-19-11-21-49-47-17-7-9-23-51(47)56-53(45)49)43-31-27-39(28-32-43)46-20-12-22-50-48-18-8-10-24-52(48)57-54(46)50/h1-35H. The molecule has 0 spiro atoms. The molecular weight excluding hydrogens is 695 g/mol. The van der Waals surface area contributed by atoms with Crippen molar-refractivity contribution in [3.05, 3.63) is 212 Å². The fourth-order valence-electron chi connectivity index (χ4n) is 8.31. The van der Waals surface area contributed by atoms with Crippen molar-refractivity contribution in [2.75, 3.05) is 4.90 Å². The zero-order valence-corrected chi connectivity index (χ0v) is 31.0. The molecule has 0 bridgehead atoms. The van der Waals surface area contributed by atoms with Crippen molar-refractivity contribution in [3.63, 3.8) is 0 Å². The Kier molecular flexibility index (Phi) is 7.82. The van der Waals surface area contributed by atoms with E-state index in [0.717, 1.165) is 94.3 Å². The summed E-state index contributed by atoms with van der Waals surface area (Å²) in [5.41, 5.74) is 15.7. The van der Waals surface area contributed by atoms with E-state index in [9.17, 15) is 0 Å². The van der Waals surface area contributed by atoms with Crippen molar-refractivity contribution >= 4 is 60.9 Å². The van der Waals surface area contributed by atoms with Gasteiger partial charge in [-0.15, -0.1) is 0 Å². The van der Waals surface area contributed by atoms with Crippen molar-refractivity contribution in [3.8, 4) is 44.5 Å². The number of furan rings is 2. The molecule has 0 saturated heterocycles. The minimum Gasteiger partial charge on any atom is -0.455 e.